The number of amidine groups is 1. The molecule has 0 spiro atoms. The van der Waals surface area contributed by atoms with Crippen molar-refractivity contribution in [1.82, 2.24) is 10.2 Å². The van der Waals surface area contributed by atoms with E-state index in [1.807, 2.05) is 24.3 Å². The Kier molecular flexibility index (Phi) is 5.73. The minimum atomic E-state index is -0.440. The van der Waals surface area contributed by atoms with Crippen LogP contribution < -0.4 is 5.32 Å². The molecule has 1 fully saturated rings. The summed E-state index contributed by atoms with van der Waals surface area (Å²) >= 11 is 4.63. The summed E-state index contributed by atoms with van der Waals surface area (Å²) in [5.41, 5.74) is 0.901. The van der Waals surface area contributed by atoms with Crippen molar-refractivity contribution in [2.45, 2.75) is 11.7 Å². The quantitative estimate of drug-likeness (QED) is 0.637. The number of rotatable bonds is 4. The highest BCUT2D eigenvalue weighted by molar-refractivity contribution is 9.10. The first-order chi connectivity index (χ1) is 10.5. The van der Waals surface area contributed by atoms with E-state index in [1.165, 1.54) is 16.7 Å². The van der Waals surface area contributed by atoms with Gasteiger partial charge in [0.05, 0.1) is 6.21 Å². The predicted molar refractivity (Wildman–Crippen MR) is 92.0 cm³/mol. The third-order valence-electron chi connectivity index (χ3n) is 2.99. The summed E-state index contributed by atoms with van der Waals surface area (Å²) in [7, 11) is 3.18. The smallest absolute Gasteiger partial charge is 0.242 e. The number of hydrogen-bond acceptors (Lipinski definition) is 5. The Morgan fingerprint density at radius 2 is 2.32 bits per heavy atom. The van der Waals surface area contributed by atoms with Crippen LogP contribution in [-0.2, 0) is 9.59 Å². The van der Waals surface area contributed by atoms with Crippen LogP contribution in [0.15, 0.2) is 38.9 Å². The van der Waals surface area contributed by atoms with E-state index in [-0.39, 0.29) is 18.2 Å². The molecule has 1 atom stereocenters. The molecule has 8 heteroatoms. The lowest BCUT2D eigenvalue weighted by atomic mass is 10.2. The molecule has 1 aliphatic heterocycles. The summed E-state index contributed by atoms with van der Waals surface area (Å²) < 4.78 is 0.956. The van der Waals surface area contributed by atoms with Crippen molar-refractivity contribution < 1.29 is 9.59 Å². The third-order valence-corrected chi connectivity index (χ3v) is 4.70. The fraction of sp³-hybridized carbons (Fsp3) is 0.286. The molecule has 0 saturated carbocycles. The van der Waals surface area contributed by atoms with Crippen LogP contribution in [-0.4, -0.2) is 47.4 Å². The maximum atomic E-state index is 12.0. The molecule has 0 aromatic heterocycles. The Bertz CT molecular complexity index is 647. The van der Waals surface area contributed by atoms with Crippen molar-refractivity contribution in [2.24, 2.45) is 10.2 Å². The van der Waals surface area contributed by atoms with Crippen molar-refractivity contribution in [3.8, 4) is 0 Å². The van der Waals surface area contributed by atoms with Crippen molar-refractivity contribution in [1.29, 1.82) is 0 Å². The maximum Gasteiger partial charge on any atom is 0.242 e. The highest BCUT2D eigenvalue weighted by Crippen LogP contribution is 2.28. The van der Waals surface area contributed by atoms with E-state index in [1.54, 1.807) is 20.3 Å². The number of amides is 2. The standard InChI is InChI=1S/C14H15BrN4O2S/c1-16-12(20)7-11-13(21)19(2)14(22-11)18-17-8-9-4-3-5-10(15)6-9/h3-6,8,11H,7H2,1-2H3,(H,16,20)/b17-8+,18-14-. The zero-order valence-electron chi connectivity index (χ0n) is 12.1. The number of hydrogen-bond donors (Lipinski definition) is 1. The average molecular weight is 383 g/mol. The van der Waals surface area contributed by atoms with Gasteiger partial charge in [-0.3, -0.25) is 14.5 Å². The average Bonchev–Trinajstić information content (AvgIpc) is 2.75. The van der Waals surface area contributed by atoms with Crippen LogP contribution in [0.4, 0.5) is 0 Å². The first-order valence-corrected chi connectivity index (χ1v) is 8.20. The Balaban J connectivity index is 2.05. The molecule has 1 N–H and O–H groups in total. The second-order valence-corrected chi connectivity index (χ2v) is 6.65. The maximum absolute atomic E-state index is 12.0. The molecule has 1 heterocycles. The van der Waals surface area contributed by atoms with Crippen LogP contribution in [0.1, 0.15) is 12.0 Å². The summed E-state index contributed by atoms with van der Waals surface area (Å²) in [6.07, 6.45) is 1.75. The molecule has 1 aromatic rings. The predicted octanol–water partition coefficient (Wildman–Crippen LogP) is 1.85. The van der Waals surface area contributed by atoms with Gasteiger partial charge >= 0.3 is 0 Å². The lowest BCUT2D eigenvalue weighted by Gasteiger charge is -2.07. The van der Waals surface area contributed by atoms with Crippen LogP contribution in [0, 0.1) is 0 Å². The van der Waals surface area contributed by atoms with E-state index < -0.39 is 5.25 Å². The molecule has 1 unspecified atom stereocenters. The van der Waals surface area contributed by atoms with Gasteiger partial charge in [0.1, 0.15) is 5.25 Å². The van der Waals surface area contributed by atoms with Crippen molar-refractivity contribution in [3.05, 3.63) is 34.3 Å². The molecule has 0 bridgehead atoms. The minimum Gasteiger partial charge on any atom is -0.359 e. The van der Waals surface area contributed by atoms with E-state index >= 15 is 0 Å². The first-order valence-electron chi connectivity index (χ1n) is 6.52. The second kappa shape index (κ2) is 7.55. The summed E-state index contributed by atoms with van der Waals surface area (Å²) in [6.45, 7) is 0. The molecule has 0 radical (unpaired) electrons. The second-order valence-electron chi connectivity index (χ2n) is 4.56. The molecule has 1 saturated heterocycles. The van der Waals surface area contributed by atoms with Crippen molar-refractivity contribution in [2.75, 3.05) is 14.1 Å². The summed E-state index contributed by atoms with van der Waals surface area (Å²) in [5, 5.41) is 10.6. The summed E-state index contributed by atoms with van der Waals surface area (Å²) in [5.74, 6) is -0.303. The summed E-state index contributed by atoms with van der Waals surface area (Å²) in [6, 6.07) is 7.64. The van der Waals surface area contributed by atoms with E-state index in [4.69, 9.17) is 0 Å². The first kappa shape index (κ1) is 16.7. The van der Waals surface area contributed by atoms with E-state index in [0.29, 0.717) is 5.17 Å². The number of carbonyl (C=O) groups is 2. The van der Waals surface area contributed by atoms with Gasteiger partial charge in [-0.15, -0.1) is 5.10 Å². The molecule has 0 aliphatic carbocycles. The normalized spacial score (nSPS) is 20.1. The molecule has 22 heavy (non-hydrogen) atoms. The summed E-state index contributed by atoms with van der Waals surface area (Å²) in [4.78, 5) is 24.8. The number of carbonyl (C=O) groups excluding carboxylic acids is 2. The minimum absolute atomic E-state index is 0.134. The molecule has 6 nitrogen and oxygen atoms in total. The lowest BCUT2D eigenvalue weighted by Crippen LogP contribution is -2.31. The van der Waals surface area contributed by atoms with Gasteiger partial charge < -0.3 is 5.32 Å². The van der Waals surface area contributed by atoms with Gasteiger partial charge in [-0.1, -0.05) is 39.8 Å². The molecular formula is C14H15BrN4O2S. The largest absolute Gasteiger partial charge is 0.359 e. The van der Waals surface area contributed by atoms with Gasteiger partial charge in [0, 0.05) is 25.0 Å². The SMILES string of the molecule is CNC(=O)CC1S/C(=N\N=C\c2cccc(Br)c2)N(C)C1=O. The van der Waals surface area contributed by atoms with Gasteiger partial charge in [-0.2, -0.15) is 5.10 Å². The van der Waals surface area contributed by atoms with Gasteiger partial charge in [-0.25, -0.2) is 0 Å². The Hall–Kier alpha value is -1.67. The van der Waals surface area contributed by atoms with E-state index in [0.717, 1.165) is 10.0 Å². The van der Waals surface area contributed by atoms with Gasteiger partial charge in [-0.05, 0) is 17.7 Å². The fourth-order valence-corrected chi connectivity index (χ4v) is 3.30. The van der Waals surface area contributed by atoms with Crippen LogP contribution in [0.25, 0.3) is 0 Å². The van der Waals surface area contributed by atoms with Gasteiger partial charge in [0.2, 0.25) is 11.8 Å². The number of benzene rings is 1. The monoisotopic (exact) mass is 382 g/mol. The van der Waals surface area contributed by atoms with E-state index in [2.05, 4.69) is 31.4 Å². The topological polar surface area (TPSA) is 74.1 Å². The zero-order valence-corrected chi connectivity index (χ0v) is 14.5. The number of halogens is 1. The van der Waals surface area contributed by atoms with Crippen molar-refractivity contribution in [3.63, 3.8) is 0 Å². The third kappa shape index (κ3) is 4.17. The molecule has 2 amide bonds. The lowest BCUT2D eigenvalue weighted by molar-refractivity contribution is -0.128. The highest BCUT2D eigenvalue weighted by Gasteiger charge is 2.36. The van der Waals surface area contributed by atoms with Crippen LogP contribution in [0.3, 0.4) is 0 Å². The van der Waals surface area contributed by atoms with Gasteiger partial charge in [0.15, 0.2) is 5.17 Å². The number of nitrogens with zero attached hydrogens (tertiary/aromatic N) is 3. The van der Waals surface area contributed by atoms with Gasteiger partial charge in [0.25, 0.3) is 0 Å². The Labute approximate surface area is 141 Å². The molecule has 116 valence electrons. The highest BCUT2D eigenvalue weighted by atomic mass is 79.9. The molecule has 1 aliphatic rings. The van der Waals surface area contributed by atoms with Crippen LogP contribution in [0.5, 0.6) is 0 Å². The molecule has 2 rings (SSSR count). The zero-order chi connectivity index (χ0) is 16.1. The fourth-order valence-electron chi connectivity index (χ4n) is 1.79. The Morgan fingerprint density at radius 3 is 3.00 bits per heavy atom. The molecular weight excluding hydrogens is 368 g/mol. The Morgan fingerprint density at radius 1 is 1.55 bits per heavy atom. The van der Waals surface area contributed by atoms with E-state index in [9.17, 15) is 9.59 Å². The van der Waals surface area contributed by atoms with Crippen molar-refractivity contribution >= 4 is 50.9 Å². The number of thioether (sulfide) groups is 1. The van der Waals surface area contributed by atoms with Crippen LogP contribution in [0.2, 0.25) is 0 Å². The van der Waals surface area contributed by atoms with Crippen LogP contribution >= 0.6 is 27.7 Å². The molecule has 1 aromatic carbocycles. The number of nitrogens with one attached hydrogen (secondary N) is 1.